The Morgan fingerprint density at radius 2 is 1.79 bits per heavy atom. The Morgan fingerprint density at radius 3 is 2.50 bits per heavy atom. The first-order valence-electron chi connectivity index (χ1n) is 7.87. The van der Waals surface area contributed by atoms with E-state index in [1.54, 1.807) is 30.0 Å². The lowest BCUT2D eigenvalue weighted by molar-refractivity contribution is -0.166. The summed E-state index contributed by atoms with van der Waals surface area (Å²) in [6.07, 6.45) is 0. The Labute approximate surface area is 140 Å². The molecule has 5 heteroatoms. The smallest absolute Gasteiger partial charge is 0.360 e. The van der Waals surface area contributed by atoms with Gasteiger partial charge in [0.15, 0.2) is 0 Å². The topological polar surface area (TPSA) is 55.8 Å². The van der Waals surface area contributed by atoms with Gasteiger partial charge in [-0.2, -0.15) is 0 Å². The minimum atomic E-state index is -1.68. The van der Waals surface area contributed by atoms with E-state index in [0.717, 1.165) is 5.56 Å². The summed E-state index contributed by atoms with van der Waals surface area (Å²) in [5, 5.41) is 0. The van der Waals surface area contributed by atoms with Gasteiger partial charge in [-0.05, 0) is 31.5 Å². The van der Waals surface area contributed by atoms with Gasteiger partial charge in [0, 0.05) is 0 Å². The average molecular weight is 325 g/mol. The molecule has 0 saturated carbocycles. The number of rotatable bonds is 4. The van der Waals surface area contributed by atoms with Crippen molar-refractivity contribution in [1.29, 1.82) is 0 Å². The summed E-state index contributed by atoms with van der Waals surface area (Å²) >= 11 is 0. The van der Waals surface area contributed by atoms with E-state index in [1.807, 2.05) is 36.4 Å². The molecule has 5 nitrogen and oxygen atoms in total. The first-order valence-corrected chi connectivity index (χ1v) is 7.87. The predicted octanol–water partition coefficient (Wildman–Crippen LogP) is 2.93. The zero-order valence-electron chi connectivity index (χ0n) is 13.7. The number of anilines is 1. The number of carbonyl (C=O) groups is 2. The Kier molecular flexibility index (Phi) is 4.25. The molecule has 0 aromatic heterocycles. The molecule has 0 radical (unpaired) electrons. The highest BCUT2D eigenvalue weighted by Crippen LogP contribution is 2.38. The maximum absolute atomic E-state index is 13.0. The Hall–Kier alpha value is -2.82. The predicted molar refractivity (Wildman–Crippen MR) is 89.7 cm³/mol. The van der Waals surface area contributed by atoms with Gasteiger partial charge in [0.25, 0.3) is 11.5 Å². The van der Waals surface area contributed by atoms with Crippen molar-refractivity contribution >= 4 is 17.6 Å². The molecule has 3 rings (SSSR count). The molecule has 24 heavy (non-hydrogen) atoms. The summed E-state index contributed by atoms with van der Waals surface area (Å²) in [7, 11) is 0. The zero-order chi connectivity index (χ0) is 17.2. The average Bonchev–Trinajstić information content (AvgIpc) is 2.60. The molecule has 124 valence electrons. The molecule has 2 aromatic carbocycles. The Balaban J connectivity index is 2.02. The van der Waals surface area contributed by atoms with Crippen LogP contribution in [-0.4, -0.2) is 24.1 Å². The molecule has 1 unspecified atom stereocenters. The monoisotopic (exact) mass is 325 g/mol. The molecule has 0 saturated heterocycles. The van der Waals surface area contributed by atoms with Crippen LogP contribution in [0, 0.1) is 0 Å². The molecule has 0 spiro atoms. The molecule has 0 bridgehead atoms. The number of hydrogen-bond acceptors (Lipinski definition) is 4. The number of para-hydroxylation sites is 2. The fourth-order valence-electron chi connectivity index (χ4n) is 2.72. The van der Waals surface area contributed by atoms with Crippen molar-refractivity contribution in [3.05, 3.63) is 60.2 Å². The van der Waals surface area contributed by atoms with Crippen molar-refractivity contribution in [2.24, 2.45) is 0 Å². The van der Waals surface area contributed by atoms with E-state index >= 15 is 0 Å². The highest BCUT2D eigenvalue weighted by Gasteiger charge is 2.51. The SMILES string of the molecule is CCOC(=O)C1(C)Oc2ccccc2N(Cc2ccccc2)C1=O. The van der Waals surface area contributed by atoms with Crippen LogP contribution < -0.4 is 9.64 Å². The van der Waals surface area contributed by atoms with E-state index < -0.39 is 17.5 Å². The van der Waals surface area contributed by atoms with E-state index in [4.69, 9.17) is 9.47 Å². The summed E-state index contributed by atoms with van der Waals surface area (Å²) in [6.45, 7) is 3.70. The number of amides is 1. The van der Waals surface area contributed by atoms with E-state index in [2.05, 4.69) is 0 Å². The lowest BCUT2D eigenvalue weighted by Crippen LogP contribution is -2.59. The third-order valence-electron chi connectivity index (χ3n) is 3.97. The second-order valence-corrected chi connectivity index (χ2v) is 5.70. The van der Waals surface area contributed by atoms with Crippen LogP contribution in [0.2, 0.25) is 0 Å². The van der Waals surface area contributed by atoms with Gasteiger partial charge in [0.1, 0.15) is 5.75 Å². The first-order chi connectivity index (χ1) is 11.6. The minimum Gasteiger partial charge on any atom is -0.464 e. The van der Waals surface area contributed by atoms with Crippen LogP contribution in [0.1, 0.15) is 19.4 Å². The second-order valence-electron chi connectivity index (χ2n) is 5.70. The maximum atomic E-state index is 13.0. The van der Waals surface area contributed by atoms with Crippen LogP contribution in [0.3, 0.4) is 0 Å². The van der Waals surface area contributed by atoms with E-state index in [9.17, 15) is 9.59 Å². The Morgan fingerprint density at radius 1 is 1.12 bits per heavy atom. The van der Waals surface area contributed by atoms with Gasteiger partial charge in [-0.3, -0.25) is 4.79 Å². The van der Waals surface area contributed by atoms with E-state index in [0.29, 0.717) is 18.0 Å². The Bertz CT molecular complexity index is 759. The van der Waals surface area contributed by atoms with E-state index in [-0.39, 0.29) is 6.61 Å². The van der Waals surface area contributed by atoms with Gasteiger partial charge in [-0.15, -0.1) is 0 Å². The summed E-state index contributed by atoms with van der Waals surface area (Å²) < 4.78 is 10.8. The van der Waals surface area contributed by atoms with Crippen LogP contribution in [-0.2, 0) is 20.9 Å². The number of benzene rings is 2. The lowest BCUT2D eigenvalue weighted by Gasteiger charge is -2.39. The fourth-order valence-corrected chi connectivity index (χ4v) is 2.72. The molecule has 0 fully saturated rings. The molecule has 1 atom stereocenters. The third kappa shape index (κ3) is 2.73. The standard InChI is InChI=1S/C19H19NO4/c1-3-23-18(22)19(2)17(21)20(13-14-9-5-4-6-10-14)15-11-7-8-12-16(15)24-19/h4-12H,3,13H2,1-2H3. The lowest BCUT2D eigenvalue weighted by atomic mass is 10.0. The third-order valence-corrected chi connectivity index (χ3v) is 3.97. The van der Waals surface area contributed by atoms with Gasteiger partial charge >= 0.3 is 5.97 Å². The van der Waals surface area contributed by atoms with Gasteiger partial charge in [-0.25, -0.2) is 4.79 Å². The van der Waals surface area contributed by atoms with Crippen LogP contribution in [0.15, 0.2) is 54.6 Å². The number of hydrogen-bond donors (Lipinski definition) is 0. The normalized spacial score (nSPS) is 19.4. The van der Waals surface area contributed by atoms with Gasteiger partial charge in [0.2, 0.25) is 0 Å². The molecule has 0 N–H and O–H groups in total. The van der Waals surface area contributed by atoms with Gasteiger partial charge in [-0.1, -0.05) is 42.5 Å². The van der Waals surface area contributed by atoms with Crippen molar-refractivity contribution in [3.63, 3.8) is 0 Å². The van der Waals surface area contributed by atoms with Crippen molar-refractivity contribution < 1.29 is 19.1 Å². The van der Waals surface area contributed by atoms with Gasteiger partial charge < -0.3 is 14.4 Å². The molecule has 0 aliphatic carbocycles. The number of nitrogens with zero attached hydrogens (tertiary/aromatic N) is 1. The molecule has 1 amide bonds. The van der Waals surface area contributed by atoms with Crippen molar-refractivity contribution in [2.45, 2.75) is 26.0 Å². The van der Waals surface area contributed by atoms with Crippen molar-refractivity contribution in [2.75, 3.05) is 11.5 Å². The highest BCUT2D eigenvalue weighted by molar-refractivity contribution is 6.15. The van der Waals surface area contributed by atoms with Crippen molar-refractivity contribution in [1.82, 2.24) is 0 Å². The largest absolute Gasteiger partial charge is 0.464 e. The van der Waals surface area contributed by atoms with E-state index in [1.165, 1.54) is 6.92 Å². The van der Waals surface area contributed by atoms with Crippen LogP contribution >= 0.6 is 0 Å². The molecule has 1 heterocycles. The summed E-state index contributed by atoms with van der Waals surface area (Å²) in [5.74, 6) is -0.616. The number of esters is 1. The zero-order valence-corrected chi connectivity index (χ0v) is 13.7. The number of fused-ring (bicyclic) bond motifs is 1. The van der Waals surface area contributed by atoms with Crippen LogP contribution in [0.25, 0.3) is 0 Å². The second kappa shape index (κ2) is 6.35. The highest BCUT2D eigenvalue weighted by atomic mass is 16.6. The number of carbonyl (C=O) groups excluding carboxylic acids is 2. The van der Waals surface area contributed by atoms with Crippen molar-refractivity contribution in [3.8, 4) is 5.75 Å². The number of ether oxygens (including phenoxy) is 2. The molecular weight excluding hydrogens is 306 g/mol. The molecule has 1 aliphatic rings. The maximum Gasteiger partial charge on any atom is 0.360 e. The quantitative estimate of drug-likeness (QED) is 0.641. The first kappa shape index (κ1) is 16.1. The molecular formula is C19H19NO4. The summed E-state index contributed by atoms with van der Waals surface area (Å²) in [4.78, 5) is 26.9. The molecule has 2 aromatic rings. The molecule has 1 aliphatic heterocycles. The summed E-state index contributed by atoms with van der Waals surface area (Å²) in [5.41, 5.74) is -0.0685. The van der Waals surface area contributed by atoms with Gasteiger partial charge in [0.05, 0.1) is 18.8 Å². The van der Waals surface area contributed by atoms with Crippen LogP contribution in [0.5, 0.6) is 5.75 Å². The minimum absolute atomic E-state index is 0.186. The fraction of sp³-hybridized carbons (Fsp3) is 0.263. The van der Waals surface area contributed by atoms with Crippen LogP contribution in [0.4, 0.5) is 5.69 Å². The summed E-state index contributed by atoms with van der Waals surface area (Å²) in [6, 6.07) is 16.8.